The molecule has 2 aliphatic rings. The largest absolute Gasteiger partial charge is 0.573 e. The molecule has 1 saturated heterocycles. The molecule has 0 spiro atoms. The van der Waals surface area contributed by atoms with E-state index in [2.05, 4.69) is 35.4 Å². The van der Waals surface area contributed by atoms with E-state index in [1.165, 1.54) is 42.2 Å². The van der Waals surface area contributed by atoms with Gasteiger partial charge in [-0.05, 0) is 50.1 Å². The van der Waals surface area contributed by atoms with Gasteiger partial charge in [0.2, 0.25) is 0 Å². The Balaban J connectivity index is 1.76. The van der Waals surface area contributed by atoms with Gasteiger partial charge in [0.1, 0.15) is 10.8 Å². The van der Waals surface area contributed by atoms with Gasteiger partial charge in [-0.15, -0.1) is 22.0 Å². The second-order valence-corrected chi connectivity index (χ2v) is 8.74. The molecule has 0 bridgehead atoms. The number of thioether (sulfide) groups is 1. The summed E-state index contributed by atoms with van der Waals surface area (Å²) < 4.78 is 46.4. The molecule has 1 N–H and O–H groups in total. The molecule has 0 aliphatic carbocycles. The van der Waals surface area contributed by atoms with Gasteiger partial charge in [-0.25, -0.2) is 4.99 Å². The van der Waals surface area contributed by atoms with E-state index in [-0.39, 0.29) is 5.75 Å². The van der Waals surface area contributed by atoms with Gasteiger partial charge in [-0.1, -0.05) is 18.3 Å². The van der Waals surface area contributed by atoms with Crippen LogP contribution in [0.3, 0.4) is 0 Å². The van der Waals surface area contributed by atoms with Crippen molar-refractivity contribution in [1.82, 2.24) is 4.90 Å². The van der Waals surface area contributed by atoms with Crippen LogP contribution >= 0.6 is 20.6 Å². The van der Waals surface area contributed by atoms with Crippen molar-refractivity contribution in [2.24, 2.45) is 4.99 Å². The molecule has 0 atom stereocenters. The second-order valence-electron chi connectivity index (χ2n) is 7.23. The number of ether oxygens (including phenoxy) is 2. The predicted molar refractivity (Wildman–Crippen MR) is 128 cm³/mol. The number of aliphatic imine (C=N–C) groups is 1. The van der Waals surface area contributed by atoms with E-state index in [1.54, 1.807) is 7.11 Å². The SMILES string of the molecule is C=C/N=C1/SC(C(=P)N2CCC(OC)CC2)=C/C1=C(/C)Nc1ccc(OC(F)(F)F)cc1. The molecular formula is C22H25F3N3O2PS. The summed E-state index contributed by atoms with van der Waals surface area (Å²) in [5, 5.41) is 4.02. The van der Waals surface area contributed by atoms with Crippen LogP contribution in [0.2, 0.25) is 0 Å². The maximum Gasteiger partial charge on any atom is 0.573 e. The summed E-state index contributed by atoms with van der Waals surface area (Å²) in [6.07, 6.45) is 1.05. The average Bonchev–Trinajstić information content (AvgIpc) is 3.18. The zero-order chi connectivity index (χ0) is 23.3. The Morgan fingerprint density at radius 1 is 1.28 bits per heavy atom. The zero-order valence-corrected chi connectivity index (χ0v) is 19.6. The van der Waals surface area contributed by atoms with E-state index in [0.717, 1.165) is 52.6 Å². The Kier molecular flexibility index (Phi) is 8.22. The van der Waals surface area contributed by atoms with Gasteiger partial charge in [0.25, 0.3) is 0 Å². The molecule has 0 aromatic heterocycles. The first-order valence-corrected chi connectivity index (χ1v) is 11.3. The van der Waals surface area contributed by atoms with Gasteiger partial charge < -0.3 is 14.8 Å². The van der Waals surface area contributed by atoms with Crippen molar-refractivity contribution in [2.75, 3.05) is 25.5 Å². The third-order valence-corrected chi connectivity index (χ3v) is 6.89. The number of hydrogen-bond donors (Lipinski definition) is 1. The monoisotopic (exact) mass is 483 g/mol. The Hall–Kier alpha value is -2.06. The van der Waals surface area contributed by atoms with Crippen LogP contribution in [0.1, 0.15) is 19.8 Å². The number of nitrogens with zero attached hydrogens (tertiary/aromatic N) is 2. The normalized spacial score (nSPS) is 20.8. The number of benzene rings is 1. The molecule has 0 saturated carbocycles. The first-order chi connectivity index (χ1) is 15.2. The second kappa shape index (κ2) is 10.7. The number of methoxy groups -OCH3 is 1. The van der Waals surface area contributed by atoms with Crippen molar-refractivity contribution in [1.29, 1.82) is 0 Å². The van der Waals surface area contributed by atoms with E-state index >= 15 is 0 Å². The van der Waals surface area contributed by atoms with Crippen molar-refractivity contribution >= 4 is 36.8 Å². The number of alkyl halides is 3. The predicted octanol–water partition coefficient (Wildman–Crippen LogP) is 5.83. The van der Waals surface area contributed by atoms with Crippen molar-refractivity contribution in [3.05, 3.63) is 59.3 Å². The molecular weight excluding hydrogens is 458 g/mol. The standard InChI is InChI=1S/C22H25F3N3O2PS/c1-4-26-20-18(13-19(32-20)21(31)28-11-9-16(29-3)10-12-28)14(2)27-15-5-7-17(8-6-15)30-22(23,24)25/h4-8,13,16,27,31H,1,9-12H2,2-3H3/b18-14+,26-20+. The summed E-state index contributed by atoms with van der Waals surface area (Å²) in [6.45, 7) is 7.39. The number of anilines is 1. The number of likely N-dealkylation sites (tertiary alicyclic amines) is 1. The zero-order valence-electron chi connectivity index (χ0n) is 17.8. The summed E-state index contributed by atoms with van der Waals surface area (Å²) in [4.78, 5) is 7.71. The number of halogens is 3. The van der Waals surface area contributed by atoms with Crippen LogP contribution in [0, 0.1) is 0 Å². The minimum Gasteiger partial charge on any atom is -0.406 e. The number of hydrogen-bond acceptors (Lipinski definition) is 5. The van der Waals surface area contributed by atoms with Crippen molar-refractivity contribution in [3.63, 3.8) is 0 Å². The van der Waals surface area contributed by atoms with E-state index < -0.39 is 6.36 Å². The van der Waals surface area contributed by atoms with Crippen LogP contribution in [-0.2, 0) is 4.74 Å². The number of piperidine rings is 1. The lowest BCUT2D eigenvalue weighted by Crippen LogP contribution is -2.39. The highest BCUT2D eigenvalue weighted by atomic mass is 32.2. The highest BCUT2D eigenvalue weighted by molar-refractivity contribution is 8.19. The highest BCUT2D eigenvalue weighted by Crippen LogP contribution is 2.37. The van der Waals surface area contributed by atoms with Gasteiger partial charge >= 0.3 is 6.36 Å². The van der Waals surface area contributed by atoms with Gasteiger partial charge in [0.15, 0.2) is 0 Å². The highest BCUT2D eigenvalue weighted by Gasteiger charge is 2.31. The molecule has 5 nitrogen and oxygen atoms in total. The minimum absolute atomic E-state index is 0.267. The molecule has 10 heteroatoms. The fourth-order valence-corrected chi connectivity index (χ4v) is 4.95. The lowest BCUT2D eigenvalue weighted by atomic mass is 10.1. The molecule has 0 radical (unpaired) electrons. The topological polar surface area (TPSA) is 46.1 Å². The van der Waals surface area contributed by atoms with Crippen LogP contribution < -0.4 is 10.1 Å². The van der Waals surface area contributed by atoms with Crippen LogP contribution in [-0.4, -0.2) is 48.0 Å². The lowest BCUT2D eigenvalue weighted by molar-refractivity contribution is -0.274. The molecule has 32 heavy (non-hydrogen) atoms. The van der Waals surface area contributed by atoms with Crippen LogP contribution in [0.25, 0.3) is 0 Å². The van der Waals surface area contributed by atoms with Gasteiger partial charge in [0.05, 0.1) is 11.5 Å². The summed E-state index contributed by atoms with van der Waals surface area (Å²) in [7, 11) is 5.55. The molecule has 1 aromatic carbocycles. The molecule has 2 heterocycles. The summed E-state index contributed by atoms with van der Waals surface area (Å²) in [6, 6.07) is 5.60. The first kappa shape index (κ1) is 24.6. The van der Waals surface area contributed by atoms with Crippen LogP contribution in [0.5, 0.6) is 5.75 Å². The van der Waals surface area contributed by atoms with E-state index in [4.69, 9.17) is 4.74 Å². The van der Waals surface area contributed by atoms with E-state index in [9.17, 15) is 13.2 Å². The van der Waals surface area contributed by atoms with Crippen molar-refractivity contribution in [3.8, 4) is 5.75 Å². The Bertz CT molecular complexity index is 950. The molecule has 3 rings (SSSR count). The smallest absolute Gasteiger partial charge is 0.406 e. The molecule has 0 unspecified atom stereocenters. The molecule has 1 fully saturated rings. The van der Waals surface area contributed by atoms with Crippen molar-refractivity contribution in [2.45, 2.75) is 32.2 Å². The van der Waals surface area contributed by atoms with Gasteiger partial charge in [-0.2, -0.15) is 0 Å². The van der Waals surface area contributed by atoms with E-state index in [1.807, 2.05) is 13.0 Å². The van der Waals surface area contributed by atoms with Crippen molar-refractivity contribution < 1.29 is 22.6 Å². The molecule has 2 aliphatic heterocycles. The Labute approximate surface area is 192 Å². The molecule has 1 aromatic rings. The molecule has 172 valence electrons. The van der Waals surface area contributed by atoms with E-state index in [0.29, 0.717) is 11.8 Å². The fraction of sp³-hybridized carbons (Fsp3) is 0.364. The van der Waals surface area contributed by atoms with Crippen LogP contribution in [0.4, 0.5) is 18.9 Å². The number of nitrogens with one attached hydrogen (secondary N) is 1. The third kappa shape index (κ3) is 6.48. The maximum atomic E-state index is 12.4. The number of rotatable bonds is 7. The van der Waals surface area contributed by atoms with Gasteiger partial charge in [-0.3, -0.25) is 4.90 Å². The summed E-state index contributed by atoms with van der Waals surface area (Å²) in [5.41, 5.74) is 3.34. The minimum atomic E-state index is -4.71. The average molecular weight is 483 g/mol. The first-order valence-electron chi connectivity index (χ1n) is 9.99. The van der Waals surface area contributed by atoms with Gasteiger partial charge in [0, 0.05) is 48.3 Å². The number of allylic oxidation sites excluding steroid dienone is 2. The summed E-state index contributed by atoms with van der Waals surface area (Å²) in [5.74, 6) is -0.267. The maximum absolute atomic E-state index is 12.4. The third-order valence-electron chi connectivity index (χ3n) is 5.07. The lowest BCUT2D eigenvalue weighted by Gasteiger charge is -2.32. The Morgan fingerprint density at radius 3 is 2.50 bits per heavy atom. The summed E-state index contributed by atoms with van der Waals surface area (Å²) >= 11 is 1.54. The quantitative estimate of drug-likeness (QED) is 0.495. The Morgan fingerprint density at radius 2 is 1.94 bits per heavy atom. The van der Waals surface area contributed by atoms with Crippen LogP contribution in [0.15, 0.2) is 64.3 Å². The fourth-order valence-electron chi connectivity index (χ4n) is 3.44. The molecule has 0 amide bonds.